The molecule has 2 aromatic rings. The normalized spacial score (nSPS) is 16.1. The molecule has 0 unspecified atom stereocenters. The number of hydrogen-bond donors (Lipinski definition) is 2. The minimum Gasteiger partial charge on any atom is -0.461 e. The Morgan fingerprint density at radius 2 is 1.76 bits per heavy atom. The Kier molecular flexibility index (Phi) is 8.38. The average Bonchev–Trinajstić information content (AvgIpc) is 3.10. The van der Waals surface area contributed by atoms with Crippen molar-refractivity contribution >= 4 is 26.9 Å². The van der Waals surface area contributed by atoms with Crippen LogP contribution < -0.4 is 5.73 Å². The molecule has 0 aliphatic rings. The second-order valence-electron chi connectivity index (χ2n) is 10.6. The zero-order valence-electron chi connectivity index (χ0n) is 21.0. The van der Waals surface area contributed by atoms with Gasteiger partial charge in [-0.3, -0.25) is 0 Å². The number of ether oxygens (including phenoxy) is 2. The Labute approximate surface area is 197 Å². The van der Waals surface area contributed by atoms with Crippen LogP contribution in [0.2, 0.25) is 0 Å². The molecule has 1 heterocycles. The first kappa shape index (κ1) is 27.3. The number of rotatable bonds is 9. The third-order valence-corrected chi connectivity index (χ3v) is 7.25. The van der Waals surface area contributed by atoms with Crippen LogP contribution in [0.15, 0.2) is 30.5 Å². The molecule has 1 aromatic heterocycles. The van der Waals surface area contributed by atoms with Crippen molar-refractivity contribution in [2.24, 2.45) is 11.1 Å². The van der Waals surface area contributed by atoms with Gasteiger partial charge in [0.05, 0.1) is 12.4 Å². The van der Waals surface area contributed by atoms with Gasteiger partial charge in [-0.1, -0.05) is 39.0 Å². The highest BCUT2D eigenvalue weighted by Crippen LogP contribution is 2.26. The molecule has 2 rings (SSSR count). The average molecular weight is 482 g/mol. The number of fused-ring (bicyclic) bond motifs is 1. The Morgan fingerprint density at radius 1 is 1.15 bits per heavy atom. The topological polar surface area (TPSA) is 115 Å². The summed E-state index contributed by atoms with van der Waals surface area (Å²) in [4.78, 5) is 15.9. The smallest absolute Gasteiger partial charge is 0.327 e. The van der Waals surface area contributed by atoms with Crippen molar-refractivity contribution in [1.82, 2.24) is 9.29 Å². The standard InChI is InChI=1S/C24H39N3O5S/c1-16(23(2,3)4)32-17(14-27(24(5,6)7)33(8,29)30)15-31-22(28)21(25)19-13-26-20-12-10-9-11-18(19)20/h9-13,16-17,21,26H,14-15,25H2,1-8H3/t16-,17-,21-/m0/s1. The van der Waals surface area contributed by atoms with E-state index in [2.05, 4.69) is 4.98 Å². The molecule has 0 saturated heterocycles. The fourth-order valence-electron chi connectivity index (χ4n) is 3.46. The molecule has 33 heavy (non-hydrogen) atoms. The SMILES string of the molecule is C[C@H](O[C@H](COC(=O)[C@@H](N)c1c[nH]c2ccccc12)CN(C(C)(C)C)S(C)(=O)=O)C(C)(C)C. The fraction of sp³-hybridized carbons (Fsp3) is 0.625. The van der Waals surface area contributed by atoms with Crippen LogP contribution in [0, 0.1) is 5.41 Å². The van der Waals surface area contributed by atoms with Crippen molar-refractivity contribution in [2.75, 3.05) is 19.4 Å². The largest absolute Gasteiger partial charge is 0.461 e. The predicted molar refractivity (Wildman–Crippen MR) is 131 cm³/mol. The van der Waals surface area contributed by atoms with Crippen LogP contribution in [0.5, 0.6) is 0 Å². The second kappa shape index (κ2) is 10.1. The van der Waals surface area contributed by atoms with Crippen LogP contribution in [-0.2, 0) is 24.3 Å². The van der Waals surface area contributed by atoms with Crippen molar-refractivity contribution < 1.29 is 22.7 Å². The maximum atomic E-state index is 12.8. The van der Waals surface area contributed by atoms with Gasteiger partial charge < -0.3 is 20.2 Å². The van der Waals surface area contributed by atoms with Crippen LogP contribution in [-0.4, -0.2) is 60.8 Å². The molecule has 3 atom stereocenters. The van der Waals surface area contributed by atoms with Gasteiger partial charge in [0.2, 0.25) is 10.0 Å². The summed E-state index contributed by atoms with van der Waals surface area (Å²) in [5, 5.41) is 0.854. The molecular formula is C24H39N3O5S. The van der Waals surface area contributed by atoms with E-state index in [0.717, 1.165) is 10.9 Å². The number of carbonyl (C=O) groups is 1. The summed E-state index contributed by atoms with van der Waals surface area (Å²) in [6, 6.07) is 6.59. The molecule has 0 fully saturated rings. The Hall–Kier alpha value is -1.94. The Morgan fingerprint density at radius 3 is 2.30 bits per heavy atom. The van der Waals surface area contributed by atoms with Crippen molar-refractivity contribution in [3.63, 3.8) is 0 Å². The number of nitrogens with two attached hydrogens (primary N) is 1. The van der Waals surface area contributed by atoms with Gasteiger partial charge in [-0.05, 0) is 39.2 Å². The molecule has 0 aliphatic carbocycles. The first-order valence-electron chi connectivity index (χ1n) is 11.1. The molecule has 186 valence electrons. The van der Waals surface area contributed by atoms with Crippen molar-refractivity contribution in [1.29, 1.82) is 0 Å². The first-order valence-corrected chi connectivity index (χ1v) is 13.0. The maximum absolute atomic E-state index is 12.8. The lowest BCUT2D eigenvalue weighted by atomic mass is 9.90. The number of nitrogens with one attached hydrogen (secondary N) is 1. The Bertz CT molecular complexity index is 1050. The predicted octanol–water partition coefficient (Wildman–Crippen LogP) is 3.59. The van der Waals surface area contributed by atoms with E-state index in [1.807, 2.05) is 72.7 Å². The highest BCUT2D eigenvalue weighted by molar-refractivity contribution is 7.88. The number of nitrogens with zero attached hydrogens (tertiary/aromatic N) is 1. The Balaban J connectivity index is 2.20. The summed E-state index contributed by atoms with van der Waals surface area (Å²) in [5.74, 6) is -0.599. The van der Waals surface area contributed by atoms with Gasteiger partial charge in [0, 0.05) is 34.7 Å². The van der Waals surface area contributed by atoms with Crippen LogP contribution in [0.4, 0.5) is 0 Å². The number of para-hydroxylation sites is 1. The summed E-state index contributed by atoms with van der Waals surface area (Å²) in [5.41, 5.74) is 6.88. The lowest BCUT2D eigenvalue weighted by molar-refractivity contribution is -0.154. The van der Waals surface area contributed by atoms with E-state index in [9.17, 15) is 13.2 Å². The van der Waals surface area contributed by atoms with Gasteiger partial charge in [-0.15, -0.1) is 0 Å². The first-order chi connectivity index (χ1) is 15.0. The van der Waals surface area contributed by atoms with Gasteiger partial charge in [-0.2, -0.15) is 4.31 Å². The van der Waals surface area contributed by atoms with Crippen molar-refractivity contribution in [2.45, 2.75) is 72.3 Å². The third-order valence-electron chi connectivity index (χ3n) is 5.76. The lowest BCUT2D eigenvalue weighted by Gasteiger charge is -2.38. The van der Waals surface area contributed by atoms with Crippen LogP contribution in [0.1, 0.15) is 60.1 Å². The van der Waals surface area contributed by atoms with E-state index < -0.39 is 33.7 Å². The van der Waals surface area contributed by atoms with Gasteiger partial charge in [0.15, 0.2) is 0 Å². The number of benzene rings is 1. The highest BCUT2D eigenvalue weighted by atomic mass is 32.2. The number of sulfonamides is 1. The molecule has 0 aliphatic heterocycles. The molecule has 0 spiro atoms. The molecule has 3 N–H and O–H groups in total. The van der Waals surface area contributed by atoms with Gasteiger partial charge in [-0.25, -0.2) is 13.2 Å². The molecule has 0 saturated carbocycles. The number of esters is 1. The summed E-state index contributed by atoms with van der Waals surface area (Å²) < 4.78 is 38.0. The molecule has 9 heteroatoms. The van der Waals surface area contributed by atoms with Gasteiger partial charge in [0.1, 0.15) is 18.8 Å². The summed E-state index contributed by atoms with van der Waals surface area (Å²) >= 11 is 0. The van der Waals surface area contributed by atoms with Crippen LogP contribution >= 0.6 is 0 Å². The highest BCUT2D eigenvalue weighted by Gasteiger charge is 2.35. The zero-order chi connectivity index (χ0) is 25.2. The molecule has 0 radical (unpaired) electrons. The van der Waals surface area contributed by atoms with E-state index >= 15 is 0 Å². The van der Waals surface area contributed by atoms with Crippen molar-refractivity contribution in [3.8, 4) is 0 Å². The maximum Gasteiger partial charge on any atom is 0.327 e. The van der Waals surface area contributed by atoms with Crippen molar-refractivity contribution in [3.05, 3.63) is 36.0 Å². The van der Waals surface area contributed by atoms with E-state index in [4.69, 9.17) is 15.2 Å². The molecular weight excluding hydrogens is 442 g/mol. The van der Waals surface area contributed by atoms with E-state index in [1.54, 1.807) is 6.20 Å². The van der Waals surface area contributed by atoms with Gasteiger partial charge in [0.25, 0.3) is 0 Å². The minimum atomic E-state index is -3.52. The number of aromatic nitrogens is 1. The molecule has 0 bridgehead atoms. The van der Waals surface area contributed by atoms with Crippen LogP contribution in [0.25, 0.3) is 10.9 Å². The number of hydrogen-bond acceptors (Lipinski definition) is 6. The molecule has 8 nitrogen and oxygen atoms in total. The van der Waals surface area contributed by atoms with E-state index in [-0.39, 0.29) is 24.7 Å². The zero-order valence-corrected chi connectivity index (χ0v) is 21.8. The number of aromatic amines is 1. The second-order valence-corrected chi connectivity index (χ2v) is 12.5. The number of H-pyrrole nitrogens is 1. The summed E-state index contributed by atoms with van der Waals surface area (Å²) in [7, 11) is -3.52. The summed E-state index contributed by atoms with van der Waals surface area (Å²) in [6.07, 6.45) is 2.01. The monoisotopic (exact) mass is 481 g/mol. The lowest BCUT2D eigenvalue weighted by Crippen LogP contribution is -2.51. The van der Waals surface area contributed by atoms with Gasteiger partial charge >= 0.3 is 5.97 Å². The molecule has 1 aromatic carbocycles. The molecule has 0 amide bonds. The fourth-order valence-corrected chi connectivity index (χ4v) is 4.89. The van der Waals surface area contributed by atoms with Crippen LogP contribution in [0.3, 0.4) is 0 Å². The number of carbonyl (C=O) groups excluding carboxylic acids is 1. The third kappa shape index (κ3) is 7.27. The van der Waals surface area contributed by atoms with E-state index in [1.165, 1.54) is 10.6 Å². The summed E-state index contributed by atoms with van der Waals surface area (Å²) in [6.45, 7) is 13.4. The van der Waals surface area contributed by atoms with E-state index in [0.29, 0.717) is 5.56 Å². The minimum absolute atomic E-state index is 0.0539. The quantitative estimate of drug-likeness (QED) is 0.529.